The van der Waals surface area contributed by atoms with Crippen LogP contribution in [0, 0.1) is 0 Å². The number of aromatic nitrogens is 2. The normalized spacial score (nSPS) is 11.8. The van der Waals surface area contributed by atoms with Gasteiger partial charge in [-0.3, -0.25) is 4.79 Å². The molecule has 0 saturated heterocycles. The third kappa shape index (κ3) is 4.97. The predicted molar refractivity (Wildman–Crippen MR) is 97.8 cm³/mol. The number of halogens is 1. The molecule has 8 nitrogen and oxygen atoms in total. The largest absolute Gasteiger partial charge is 0.478 e. The Balaban J connectivity index is 2.14. The maximum Gasteiger partial charge on any atom is 0.337 e. The SMILES string of the molecule is CCC(Sc1nc(N)cc(N)n1)C(=O)Nc1ccc(Cl)c(C(=O)O)c1. The Kier molecular flexibility index (Phi) is 6.05. The van der Waals surface area contributed by atoms with Gasteiger partial charge in [-0.25, -0.2) is 14.8 Å². The number of rotatable bonds is 6. The second-order valence-corrected chi connectivity index (χ2v) is 6.58. The van der Waals surface area contributed by atoms with E-state index in [2.05, 4.69) is 15.3 Å². The summed E-state index contributed by atoms with van der Waals surface area (Å²) in [6.07, 6.45) is 0.494. The molecule has 2 aromatic rings. The number of hydrogen-bond acceptors (Lipinski definition) is 7. The number of nitrogens with two attached hydrogens (primary N) is 2. The lowest BCUT2D eigenvalue weighted by Gasteiger charge is -2.14. The van der Waals surface area contributed by atoms with Crippen LogP contribution < -0.4 is 16.8 Å². The first-order valence-corrected chi connectivity index (χ1v) is 8.46. The lowest BCUT2D eigenvalue weighted by atomic mass is 10.2. The van der Waals surface area contributed by atoms with E-state index in [0.717, 1.165) is 11.8 Å². The Morgan fingerprint density at radius 2 is 1.92 bits per heavy atom. The Morgan fingerprint density at radius 1 is 1.28 bits per heavy atom. The van der Waals surface area contributed by atoms with Crippen LogP contribution in [0.4, 0.5) is 17.3 Å². The van der Waals surface area contributed by atoms with Crippen molar-refractivity contribution in [1.29, 1.82) is 0 Å². The van der Waals surface area contributed by atoms with Crippen molar-refractivity contribution in [2.45, 2.75) is 23.8 Å². The topological polar surface area (TPSA) is 144 Å². The highest BCUT2D eigenvalue weighted by Crippen LogP contribution is 2.26. The van der Waals surface area contributed by atoms with Crippen molar-refractivity contribution in [2.75, 3.05) is 16.8 Å². The van der Waals surface area contributed by atoms with Gasteiger partial charge in [-0.15, -0.1) is 0 Å². The van der Waals surface area contributed by atoms with Crippen LogP contribution in [0.1, 0.15) is 23.7 Å². The number of nitrogens with zero attached hydrogens (tertiary/aromatic N) is 2. The average Bonchev–Trinajstić information content (AvgIpc) is 2.53. The number of thioether (sulfide) groups is 1. The minimum atomic E-state index is -1.17. The van der Waals surface area contributed by atoms with E-state index in [0.29, 0.717) is 17.3 Å². The molecule has 0 aliphatic carbocycles. The second kappa shape index (κ2) is 8.04. The first-order valence-electron chi connectivity index (χ1n) is 7.20. The van der Waals surface area contributed by atoms with Crippen LogP contribution in [0.3, 0.4) is 0 Å². The molecular formula is C15H16ClN5O3S. The fraction of sp³-hybridized carbons (Fsp3) is 0.200. The van der Waals surface area contributed by atoms with Crippen molar-refractivity contribution in [1.82, 2.24) is 9.97 Å². The number of amides is 1. The van der Waals surface area contributed by atoms with Gasteiger partial charge in [0.25, 0.3) is 0 Å². The first-order chi connectivity index (χ1) is 11.8. The Labute approximate surface area is 153 Å². The highest BCUT2D eigenvalue weighted by Gasteiger charge is 2.21. The lowest BCUT2D eigenvalue weighted by Crippen LogP contribution is -2.25. The number of carboxylic acid groups (broad SMARTS) is 1. The van der Waals surface area contributed by atoms with Gasteiger partial charge in [-0.05, 0) is 24.6 Å². The van der Waals surface area contributed by atoms with Gasteiger partial charge in [0.1, 0.15) is 11.6 Å². The molecule has 0 spiro atoms. The van der Waals surface area contributed by atoms with Crippen LogP contribution in [0.25, 0.3) is 0 Å². The maximum absolute atomic E-state index is 12.5. The van der Waals surface area contributed by atoms with Crippen molar-refractivity contribution >= 4 is 52.6 Å². The third-order valence-electron chi connectivity index (χ3n) is 3.12. The summed E-state index contributed by atoms with van der Waals surface area (Å²) >= 11 is 6.94. The van der Waals surface area contributed by atoms with E-state index in [4.69, 9.17) is 28.2 Å². The molecule has 25 heavy (non-hydrogen) atoms. The van der Waals surface area contributed by atoms with Gasteiger partial charge >= 0.3 is 5.97 Å². The van der Waals surface area contributed by atoms with Crippen molar-refractivity contribution in [2.24, 2.45) is 0 Å². The van der Waals surface area contributed by atoms with Crippen LogP contribution >= 0.6 is 23.4 Å². The number of benzene rings is 1. The van der Waals surface area contributed by atoms with Crippen LogP contribution in [0.2, 0.25) is 5.02 Å². The van der Waals surface area contributed by atoms with Crippen molar-refractivity contribution < 1.29 is 14.7 Å². The van der Waals surface area contributed by atoms with Crippen molar-refractivity contribution in [3.8, 4) is 0 Å². The Bertz CT molecular complexity index is 797. The van der Waals surface area contributed by atoms with E-state index in [1.807, 2.05) is 6.92 Å². The van der Waals surface area contributed by atoms with Gasteiger partial charge in [0.15, 0.2) is 5.16 Å². The number of carbonyl (C=O) groups excluding carboxylic acids is 1. The molecule has 0 bridgehead atoms. The van der Waals surface area contributed by atoms with E-state index in [1.54, 1.807) is 0 Å². The number of anilines is 3. The number of carbonyl (C=O) groups is 2. The fourth-order valence-corrected chi connectivity index (χ4v) is 3.06. The van der Waals surface area contributed by atoms with Crippen molar-refractivity contribution in [3.63, 3.8) is 0 Å². The molecule has 0 aliphatic rings. The van der Waals surface area contributed by atoms with Gasteiger partial charge in [0, 0.05) is 11.8 Å². The lowest BCUT2D eigenvalue weighted by molar-refractivity contribution is -0.115. The summed E-state index contributed by atoms with van der Waals surface area (Å²) in [5.74, 6) is -1.06. The molecular weight excluding hydrogens is 366 g/mol. The molecule has 0 aliphatic heterocycles. The van der Waals surface area contributed by atoms with Gasteiger partial charge in [-0.1, -0.05) is 30.3 Å². The molecule has 1 heterocycles. The zero-order valence-electron chi connectivity index (χ0n) is 13.2. The van der Waals surface area contributed by atoms with Crippen LogP contribution in [0.5, 0.6) is 0 Å². The quantitative estimate of drug-likeness (QED) is 0.441. The smallest absolute Gasteiger partial charge is 0.337 e. The van der Waals surface area contributed by atoms with Gasteiger partial charge in [-0.2, -0.15) is 0 Å². The second-order valence-electron chi connectivity index (χ2n) is 5.00. The third-order valence-corrected chi connectivity index (χ3v) is 4.68. The highest BCUT2D eigenvalue weighted by molar-refractivity contribution is 8.00. The monoisotopic (exact) mass is 381 g/mol. The molecule has 0 radical (unpaired) electrons. The first kappa shape index (κ1) is 18.8. The summed E-state index contributed by atoms with van der Waals surface area (Å²) < 4.78 is 0. The highest BCUT2D eigenvalue weighted by atomic mass is 35.5. The number of carboxylic acids is 1. The molecule has 1 aromatic carbocycles. The minimum absolute atomic E-state index is 0.0906. The van der Waals surface area contributed by atoms with E-state index in [1.165, 1.54) is 24.3 Å². The zero-order valence-corrected chi connectivity index (χ0v) is 14.8. The van der Waals surface area contributed by atoms with E-state index in [9.17, 15) is 9.59 Å². The summed E-state index contributed by atoms with van der Waals surface area (Å²) in [4.78, 5) is 31.6. The summed E-state index contributed by atoms with van der Waals surface area (Å²) in [6, 6.07) is 5.66. The Hall–Kier alpha value is -2.52. The fourth-order valence-electron chi connectivity index (χ4n) is 1.95. The molecule has 2 rings (SSSR count). The molecule has 1 aromatic heterocycles. The molecule has 10 heteroatoms. The predicted octanol–water partition coefficient (Wildman–Crippen LogP) is 2.50. The van der Waals surface area contributed by atoms with Crippen LogP contribution in [-0.4, -0.2) is 32.2 Å². The minimum Gasteiger partial charge on any atom is -0.478 e. The molecule has 132 valence electrons. The van der Waals surface area contributed by atoms with Crippen LogP contribution in [0.15, 0.2) is 29.4 Å². The van der Waals surface area contributed by atoms with E-state index in [-0.39, 0.29) is 28.1 Å². The van der Waals surface area contributed by atoms with E-state index >= 15 is 0 Å². The molecule has 0 saturated carbocycles. The average molecular weight is 382 g/mol. The van der Waals surface area contributed by atoms with E-state index < -0.39 is 11.2 Å². The Morgan fingerprint density at radius 3 is 2.48 bits per heavy atom. The maximum atomic E-state index is 12.5. The zero-order chi connectivity index (χ0) is 18.6. The number of nitrogen functional groups attached to an aromatic ring is 2. The molecule has 1 unspecified atom stereocenters. The number of aromatic carboxylic acids is 1. The summed E-state index contributed by atoms with van der Waals surface area (Å²) in [5, 5.41) is 11.6. The molecule has 6 N–H and O–H groups in total. The van der Waals surface area contributed by atoms with Gasteiger partial charge < -0.3 is 21.9 Å². The van der Waals surface area contributed by atoms with Gasteiger partial charge in [0.05, 0.1) is 15.8 Å². The molecule has 1 atom stereocenters. The molecule has 1 amide bonds. The number of nitrogens with one attached hydrogen (secondary N) is 1. The standard InChI is InChI=1S/C15H16ClN5O3S/c1-2-10(25-15-20-11(17)6-12(18)21-15)13(22)19-7-3-4-9(16)8(5-7)14(23)24/h3-6,10H,2H2,1H3,(H,19,22)(H,23,24)(H4,17,18,20,21). The summed E-state index contributed by atoms with van der Waals surface area (Å²) in [6.45, 7) is 1.83. The van der Waals surface area contributed by atoms with Gasteiger partial charge in [0.2, 0.25) is 5.91 Å². The molecule has 0 fully saturated rings. The number of hydrogen-bond donors (Lipinski definition) is 4. The summed E-state index contributed by atoms with van der Waals surface area (Å²) in [7, 11) is 0. The van der Waals surface area contributed by atoms with Crippen molar-refractivity contribution in [3.05, 3.63) is 34.9 Å². The summed E-state index contributed by atoms with van der Waals surface area (Å²) in [5.41, 5.74) is 11.5. The van der Waals surface area contributed by atoms with Crippen LogP contribution in [-0.2, 0) is 4.79 Å².